The van der Waals surface area contributed by atoms with E-state index in [2.05, 4.69) is 25.5 Å². The molecule has 0 radical (unpaired) electrons. The molecule has 0 spiro atoms. The van der Waals surface area contributed by atoms with Crippen molar-refractivity contribution < 1.29 is 14.0 Å². The van der Waals surface area contributed by atoms with Crippen molar-refractivity contribution in [3.05, 3.63) is 66.1 Å². The molecule has 0 saturated heterocycles. The Kier molecular flexibility index (Phi) is 4.95. The quantitative estimate of drug-likeness (QED) is 0.665. The molecule has 0 aliphatic rings. The third-order valence-corrected chi connectivity index (χ3v) is 3.73. The third-order valence-electron chi connectivity index (χ3n) is 3.08. The maximum atomic E-state index is 13.6. The summed E-state index contributed by atoms with van der Waals surface area (Å²) < 4.78 is 17.3. The lowest BCUT2D eigenvalue weighted by Gasteiger charge is -2.07. The average Bonchev–Trinajstić information content (AvgIpc) is 3.06. The van der Waals surface area contributed by atoms with E-state index < -0.39 is 17.8 Å². The first-order chi connectivity index (χ1) is 12.1. The van der Waals surface area contributed by atoms with E-state index >= 15 is 0 Å². The monoisotopic (exact) mass is 357 g/mol. The van der Waals surface area contributed by atoms with Gasteiger partial charge in [0.1, 0.15) is 5.82 Å². The van der Waals surface area contributed by atoms with Crippen LogP contribution in [0.5, 0.6) is 0 Å². The van der Waals surface area contributed by atoms with Crippen LogP contribution >= 0.6 is 11.5 Å². The lowest BCUT2D eigenvalue weighted by atomic mass is 10.3. The van der Waals surface area contributed by atoms with Gasteiger partial charge in [0.05, 0.1) is 5.69 Å². The standard InChI is InChI=1S/C16H12FN5O2S/c17-11-8-4-5-9-12(11)19-14(23)13-15(25-22-21-13)20-16(24)18-10-6-2-1-3-7-10/h1-9H,(H,19,23)(H2,18,20,24). The Balaban J connectivity index is 1.69. The second kappa shape index (κ2) is 7.49. The van der Waals surface area contributed by atoms with Gasteiger partial charge in [-0.1, -0.05) is 34.8 Å². The highest BCUT2D eigenvalue weighted by Crippen LogP contribution is 2.21. The molecule has 0 saturated carbocycles. The molecule has 0 fully saturated rings. The highest BCUT2D eigenvalue weighted by Gasteiger charge is 2.19. The molecule has 0 aliphatic carbocycles. The Morgan fingerprint density at radius 2 is 1.64 bits per heavy atom. The van der Waals surface area contributed by atoms with Crippen molar-refractivity contribution >= 4 is 39.8 Å². The van der Waals surface area contributed by atoms with Gasteiger partial charge < -0.3 is 10.6 Å². The molecule has 25 heavy (non-hydrogen) atoms. The minimum absolute atomic E-state index is 0.0141. The normalized spacial score (nSPS) is 10.1. The van der Waals surface area contributed by atoms with Gasteiger partial charge in [-0.3, -0.25) is 10.1 Å². The van der Waals surface area contributed by atoms with Gasteiger partial charge in [0, 0.05) is 17.2 Å². The van der Waals surface area contributed by atoms with Crippen molar-refractivity contribution in [3.8, 4) is 0 Å². The molecular weight excluding hydrogens is 345 g/mol. The number of para-hydroxylation sites is 2. The van der Waals surface area contributed by atoms with Crippen LogP contribution in [0.4, 0.5) is 25.6 Å². The number of rotatable bonds is 4. The summed E-state index contributed by atoms with van der Waals surface area (Å²) >= 11 is 0.844. The number of benzene rings is 2. The number of carbonyl (C=O) groups is 2. The Bertz CT molecular complexity index is 900. The lowest BCUT2D eigenvalue weighted by molar-refractivity contribution is 0.102. The van der Waals surface area contributed by atoms with Crippen LogP contribution < -0.4 is 16.0 Å². The molecule has 3 rings (SSSR count). The van der Waals surface area contributed by atoms with Gasteiger partial charge in [0.25, 0.3) is 5.91 Å². The molecule has 0 bridgehead atoms. The summed E-state index contributed by atoms with van der Waals surface area (Å²) in [5, 5.41) is 11.4. The van der Waals surface area contributed by atoms with Gasteiger partial charge >= 0.3 is 6.03 Å². The number of amides is 3. The molecule has 3 aromatic rings. The zero-order valence-corrected chi connectivity index (χ0v) is 13.5. The Labute approximate surface area is 146 Å². The lowest BCUT2D eigenvalue weighted by Crippen LogP contribution is -2.21. The molecule has 1 heterocycles. The fourth-order valence-corrected chi connectivity index (χ4v) is 2.51. The Hall–Kier alpha value is -3.33. The Morgan fingerprint density at radius 3 is 2.40 bits per heavy atom. The van der Waals surface area contributed by atoms with E-state index in [0.29, 0.717) is 5.69 Å². The highest BCUT2D eigenvalue weighted by molar-refractivity contribution is 7.10. The van der Waals surface area contributed by atoms with E-state index in [1.807, 2.05) is 6.07 Å². The predicted molar refractivity (Wildman–Crippen MR) is 93.3 cm³/mol. The number of carbonyl (C=O) groups excluding carboxylic acids is 2. The van der Waals surface area contributed by atoms with Crippen LogP contribution in [-0.2, 0) is 0 Å². The van der Waals surface area contributed by atoms with E-state index in [1.165, 1.54) is 18.2 Å². The van der Waals surface area contributed by atoms with Crippen LogP contribution in [-0.4, -0.2) is 21.5 Å². The molecule has 3 N–H and O–H groups in total. The second-order valence-electron chi connectivity index (χ2n) is 4.83. The summed E-state index contributed by atoms with van der Waals surface area (Å²) in [6.07, 6.45) is 0. The van der Waals surface area contributed by atoms with E-state index in [1.54, 1.807) is 30.3 Å². The zero-order chi connectivity index (χ0) is 17.6. The molecule has 7 nitrogen and oxygen atoms in total. The summed E-state index contributed by atoms with van der Waals surface area (Å²) in [7, 11) is 0. The molecule has 126 valence electrons. The van der Waals surface area contributed by atoms with Crippen LogP contribution in [0.3, 0.4) is 0 Å². The molecule has 0 unspecified atom stereocenters. The van der Waals surface area contributed by atoms with Crippen LogP contribution in [0.15, 0.2) is 54.6 Å². The molecule has 0 atom stereocenters. The van der Waals surface area contributed by atoms with Gasteiger partial charge in [-0.25, -0.2) is 9.18 Å². The molecular formula is C16H12FN5O2S. The number of urea groups is 1. The number of nitrogens with zero attached hydrogens (tertiary/aromatic N) is 2. The predicted octanol–water partition coefficient (Wildman–Crippen LogP) is 3.57. The first-order valence-electron chi connectivity index (χ1n) is 7.15. The van der Waals surface area contributed by atoms with Gasteiger partial charge in [-0.2, -0.15) is 0 Å². The maximum absolute atomic E-state index is 13.6. The zero-order valence-electron chi connectivity index (χ0n) is 12.7. The van der Waals surface area contributed by atoms with E-state index in [4.69, 9.17) is 0 Å². The molecule has 1 aromatic heterocycles. The SMILES string of the molecule is O=C(Nc1ccccc1)Nc1snnc1C(=O)Nc1ccccc1F. The topological polar surface area (TPSA) is 96.0 Å². The van der Waals surface area contributed by atoms with Gasteiger partial charge in [0.15, 0.2) is 10.7 Å². The fourth-order valence-electron chi connectivity index (χ4n) is 1.95. The number of hydrogen-bond donors (Lipinski definition) is 3. The first kappa shape index (κ1) is 16.5. The smallest absolute Gasteiger partial charge is 0.318 e. The molecule has 3 amide bonds. The summed E-state index contributed by atoms with van der Waals surface area (Å²) in [6, 6.07) is 14.0. The Morgan fingerprint density at radius 1 is 0.920 bits per heavy atom. The number of hydrogen-bond acceptors (Lipinski definition) is 5. The first-order valence-corrected chi connectivity index (χ1v) is 7.92. The molecule has 9 heteroatoms. The minimum Gasteiger partial charge on any atom is -0.318 e. The number of halogens is 1. The van der Waals surface area contributed by atoms with Crippen LogP contribution in [0.25, 0.3) is 0 Å². The van der Waals surface area contributed by atoms with Crippen molar-refractivity contribution in [3.63, 3.8) is 0 Å². The highest BCUT2D eigenvalue weighted by atomic mass is 32.1. The largest absolute Gasteiger partial charge is 0.324 e. The van der Waals surface area contributed by atoms with Crippen molar-refractivity contribution in [2.75, 3.05) is 16.0 Å². The second-order valence-corrected chi connectivity index (χ2v) is 5.58. The van der Waals surface area contributed by atoms with E-state index in [-0.39, 0.29) is 16.4 Å². The van der Waals surface area contributed by atoms with Crippen LogP contribution in [0.1, 0.15) is 10.5 Å². The maximum Gasteiger partial charge on any atom is 0.324 e. The van der Waals surface area contributed by atoms with Gasteiger partial charge in [0.2, 0.25) is 0 Å². The summed E-state index contributed by atoms with van der Waals surface area (Å²) in [6.45, 7) is 0. The minimum atomic E-state index is -0.672. The van der Waals surface area contributed by atoms with Gasteiger partial charge in [-0.15, -0.1) is 5.10 Å². The molecule has 0 aliphatic heterocycles. The van der Waals surface area contributed by atoms with E-state index in [0.717, 1.165) is 11.5 Å². The summed E-state index contributed by atoms with van der Waals surface area (Å²) in [5.41, 5.74) is 0.506. The number of aromatic nitrogens is 2. The van der Waals surface area contributed by atoms with Crippen molar-refractivity contribution in [2.45, 2.75) is 0 Å². The fraction of sp³-hybridized carbons (Fsp3) is 0. The van der Waals surface area contributed by atoms with E-state index in [9.17, 15) is 14.0 Å². The average molecular weight is 357 g/mol. The van der Waals surface area contributed by atoms with Crippen molar-refractivity contribution in [2.24, 2.45) is 0 Å². The van der Waals surface area contributed by atoms with Crippen LogP contribution in [0.2, 0.25) is 0 Å². The number of anilines is 3. The van der Waals surface area contributed by atoms with Crippen molar-refractivity contribution in [1.82, 2.24) is 9.59 Å². The van der Waals surface area contributed by atoms with Crippen LogP contribution in [0, 0.1) is 5.82 Å². The van der Waals surface area contributed by atoms with Gasteiger partial charge in [-0.05, 0) is 24.3 Å². The summed E-state index contributed by atoms with van der Waals surface area (Å²) in [4.78, 5) is 24.2. The summed E-state index contributed by atoms with van der Waals surface area (Å²) in [5.74, 6) is -1.25. The van der Waals surface area contributed by atoms with Crippen molar-refractivity contribution in [1.29, 1.82) is 0 Å². The third kappa shape index (κ3) is 4.15. The molecule has 2 aromatic carbocycles. The number of nitrogens with one attached hydrogen (secondary N) is 3.